The van der Waals surface area contributed by atoms with Gasteiger partial charge in [-0.15, -0.1) is 0 Å². The van der Waals surface area contributed by atoms with E-state index in [4.69, 9.17) is 0 Å². The van der Waals surface area contributed by atoms with Crippen LogP contribution in [-0.4, -0.2) is 23.0 Å². The summed E-state index contributed by atoms with van der Waals surface area (Å²) in [4.78, 5) is 12.4. The summed E-state index contributed by atoms with van der Waals surface area (Å²) in [6.45, 7) is 8.10. The molecule has 0 aliphatic carbocycles. The van der Waals surface area contributed by atoms with Gasteiger partial charge in [-0.25, -0.2) is 0 Å². The zero-order chi connectivity index (χ0) is 17.5. The van der Waals surface area contributed by atoms with E-state index in [-0.39, 0.29) is 22.7 Å². The van der Waals surface area contributed by atoms with Crippen LogP contribution in [0, 0.1) is 0 Å². The molecule has 1 amide bonds. The zero-order valence-corrected chi connectivity index (χ0v) is 13.8. The number of halogens is 3. The second kappa shape index (κ2) is 5.82. The minimum absolute atomic E-state index is 0.171. The number of hydrogen-bond acceptors (Lipinski definition) is 2. The zero-order valence-electron chi connectivity index (χ0n) is 13.8. The summed E-state index contributed by atoms with van der Waals surface area (Å²) in [5.74, 6) is -0.670. The van der Waals surface area contributed by atoms with E-state index >= 15 is 0 Å². The molecule has 23 heavy (non-hydrogen) atoms. The molecular weight excluding hydrogens is 305 g/mol. The van der Waals surface area contributed by atoms with Crippen LogP contribution >= 0.6 is 0 Å². The lowest BCUT2D eigenvalue weighted by molar-refractivity contribution is -0.137. The summed E-state index contributed by atoms with van der Waals surface area (Å²) >= 11 is 0. The summed E-state index contributed by atoms with van der Waals surface area (Å²) in [7, 11) is 0. The van der Waals surface area contributed by atoms with Crippen LogP contribution in [0.3, 0.4) is 0 Å². The average Bonchev–Trinajstić information content (AvgIpc) is 2.33. The van der Waals surface area contributed by atoms with Crippen molar-refractivity contribution in [3.8, 4) is 0 Å². The molecule has 0 radical (unpaired) electrons. The highest BCUT2D eigenvalue weighted by atomic mass is 19.4. The minimum atomic E-state index is -4.54. The molecular formula is C17H23F3N2O. The van der Waals surface area contributed by atoms with Gasteiger partial charge < -0.3 is 10.6 Å². The number of nitrogens with one attached hydrogen (secondary N) is 2. The van der Waals surface area contributed by atoms with Gasteiger partial charge in [-0.2, -0.15) is 13.2 Å². The monoisotopic (exact) mass is 328 g/mol. The van der Waals surface area contributed by atoms with Gasteiger partial charge in [0.1, 0.15) is 0 Å². The molecule has 0 bridgehead atoms. The highest BCUT2D eigenvalue weighted by Crippen LogP contribution is 2.33. The fraction of sp³-hybridized carbons (Fsp3) is 0.588. The van der Waals surface area contributed by atoms with E-state index in [1.165, 1.54) is 18.2 Å². The van der Waals surface area contributed by atoms with Crippen molar-refractivity contribution in [3.63, 3.8) is 0 Å². The molecule has 1 aliphatic rings. The number of alkyl halides is 3. The lowest BCUT2D eigenvalue weighted by Gasteiger charge is -2.46. The number of piperidine rings is 1. The van der Waals surface area contributed by atoms with Crippen molar-refractivity contribution in [2.45, 2.75) is 63.8 Å². The predicted molar refractivity (Wildman–Crippen MR) is 83.2 cm³/mol. The highest BCUT2D eigenvalue weighted by molar-refractivity contribution is 5.96. The quantitative estimate of drug-likeness (QED) is 0.868. The molecule has 2 N–H and O–H groups in total. The molecule has 1 saturated heterocycles. The van der Waals surface area contributed by atoms with Crippen molar-refractivity contribution in [1.29, 1.82) is 0 Å². The summed E-state index contributed by atoms with van der Waals surface area (Å²) in [5.41, 5.74) is -1.61. The Morgan fingerprint density at radius 3 is 2.17 bits per heavy atom. The Morgan fingerprint density at radius 1 is 1.13 bits per heavy atom. The van der Waals surface area contributed by atoms with Crippen LogP contribution in [0.4, 0.5) is 13.2 Å². The van der Waals surface area contributed by atoms with Gasteiger partial charge in [-0.3, -0.25) is 4.79 Å². The first-order valence-electron chi connectivity index (χ1n) is 7.66. The SMILES string of the molecule is CC1(C)CC(NC(=O)c2ccccc2C(F)(F)F)CC(C)(C)N1. The van der Waals surface area contributed by atoms with Crippen LogP contribution in [0.1, 0.15) is 56.5 Å². The molecule has 1 fully saturated rings. The topological polar surface area (TPSA) is 41.1 Å². The van der Waals surface area contributed by atoms with E-state index in [0.717, 1.165) is 6.07 Å². The first kappa shape index (κ1) is 17.8. The van der Waals surface area contributed by atoms with Crippen LogP contribution < -0.4 is 10.6 Å². The van der Waals surface area contributed by atoms with E-state index in [1.54, 1.807) is 0 Å². The molecule has 0 unspecified atom stereocenters. The molecule has 0 aromatic heterocycles. The lowest BCUT2D eigenvalue weighted by atomic mass is 9.79. The smallest absolute Gasteiger partial charge is 0.349 e. The normalized spacial score (nSPS) is 21.0. The highest BCUT2D eigenvalue weighted by Gasteiger charge is 2.39. The van der Waals surface area contributed by atoms with Gasteiger partial charge >= 0.3 is 6.18 Å². The van der Waals surface area contributed by atoms with Crippen LogP contribution in [0.2, 0.25) is 0 Å². The van der Waals surface area contributed by atoms with Crippen LogP contribution in [-0.2, 0) is 6.18 Å². The predicted octanol–water partition coefficient (Wildman–Crippen LogP) is 3.74. The van der Waals surface area contributed by atoms with Crippen molar-refractivity contribution in [2.24, 2.45) is 0 Å². The fourth-order valence-electron chi connectivity index (χ4n) is 3.62. The fourth-order valence-corrected chi connectivity index (χ4v) is 3.62. The summed E-state index contributed by atoms with van der Waals surface area (Å²) in [6.07, 6.45) is -3.21. The van der Waals surface area contributed by atoms with Crippen molar-refractivity contribution in [1.82, 2.24) is 10.6 Å². The standard InChI is InChI=1S/C17H23F3N2O/c1-15(2)9-11(10-16(3,4)22-15)21-14(23)12-7-5-6-8-13(12)17(18,19)20/h5-8,11,22H,9-10H2,1-4H3,(H,21,23). The molecule has 1 heterocycles. The minimum Gasteiger partial charge on any atom is -0.349 e. The second-order valence-electron chi connectivity index (χ2n) is 7.51. The molecule has 1 aromatic rings. The number of carbonyl (C=O) groups is 1. The summed E-state index contributed by atoms with van der Waals surface area (Å²) in [5, 5.41) is 6.26. The maximum atomic E-state index is 13.0. The number of hydrogen-bond donors (Lipinski definition) is 2. The van der Waals surface area contributed by atoms with Gasteiger partial charge in [-0.05, 0) is 52.7 Å². The number of benzene rings is 1. The van der Waals surface area contributed by atoms with E-state index < -0.39 is 17.6 Å². The van der Waals surface area contributed by atoms with Crippen molar-refractivity contribution in [3.05, 3.63) is 35.4 Å². The van der Waals surface area contributed by atoms with Crippen LogP contribution in [0.5, 0.6) is 0 Å². The third-order valence-corrected chi connectivity index (χ3v) is 4.00. The summed E-state index contributed by atoms with van der Waals surface area (Å²) < 4.78 is 39.1. The Balaban J connectivity index is 2.20. The average molecular weight is 328 g/mol. The number of rotatable bonds is 2. The molecule has 2 rings (SSSR count). The van der Waals surface area contributed by atoms with E-state index in [0.29, 0.717) is 12.8 Å². The Bertz CT molecular complexity index is 578. The Kier molecular flexibility index (Phi) is 4.50. The van der Waals surface area contributed by atoms with E-state index in [9.17, 15) is 18.0 Å². The van der Waals surface area contributed by atoms with E-state index in [1.807, 2.05) is 27.7 Å². The van der Waals surface area contributed by atoms with Gasteiger partial charge in [-0.1, -0.05) is 12.1 Å². The molecule has 0 atom stereocenters. The second-order valence-corrected chi connectivity index (χ2v) is 7.51. The first-order chi connectivity index (χ1) is 10.4. The largest absolute Gasteiger partial charge is 0.417 e. The van der Waals surface area contributed by atoms with Crippen molar-refractivity contribution >= 4 is 5.91 Å². The van der Waals surface area contributed by atoms with Crippen molar-refractivity contribution in [2.75, 3.05) is 0 Å². The lowest BCUT2D eigenvalue weighted by Crippen LogP contribution is -2.62. The Labute approximate surface area is 134 Å². The third-order valence-electron chi connectivity index (χ3n) is 4.00. The number of amides is 1. The molecule has 1 aromatic carbocycles. The molecule has 3 nitrogen and oxygen atoms in total. The van der Waals surface area contributed by atoms with Gasteiger partial charge in [0, 0.05) is 17.1 Å². The van der Waals surface area contributed by atoms with Crippen LogP contribution in [0.15, 0.2) is 24.3 Å². The van der Waals surface area contributed by atoms with Gasteiger partial charge in [0.2, 0.25) is 0 Å². The van der Waals surface area contributed by atoms with E-state index in [2.05, 4.69) is 10.6 Å². The molecule has 6 heteroatoms. The Morgan fingerprint density at radius 2 is 1.65 bits per heavy atom. The van der Waals surface area contributed by atoms with Crippen LogP contribution in [0.25, 0.3) is 0 Å². The third kappa shape index (κ3) is 4.47. The summed E-state index contributed by atoms with van der Waals surface area (Å²) in [6, 6.07) is 4.72. The maximum Gasteiger partial charge on any atom is 0.417 e. The van der Waals surface area contributed by atoms with Gasteiger partial charge in [0.25, 0.3) is 5.91 Å². The molecule has 128 valence electrons. The first-order valence-corrected chi connectivity index (χ1v) is 7.66. The number of carbonyl (C=O) groups excluding carboxylic acids is 1. The molecule has 0 spiro atoms. The van der Waals surface area contributed by atoms with Crippen molar-refractivity contribution < 1.29 is 18.0 Å². The Hall–Kier alpha value is -1.56. The molecule has 1 aliphatic heterocycles. The van der Waals surface area contributed by atoms with Gasteiger partial charge in [0.05, 0.1) is 11.1 Å². The maximum absolute atomic E-state index is 13.0. The molecule has 0 saturated carbocycles. The van der Waals surface area contributed by atoms with Gasteiger partial charge in [0.15, 0.2) is 0 Å².